The van der Waals surface area contributed by atoms with Gasteiger partial charge in [-0.05, 0) is 38.9 Å². The van der Waals surface area contributed by atoms with Crippen LogP contribution in [0.3, 0.4) is 0 Å². The molecule has 0 spiro atoms. The highest BCUT2D eigenvalue weighted by Crippen LogP contribution is 2.46. The topological polar surface area (TPSA) is 340 Å². The van der Waals surface area contributed by atoms with Gasteiger partial charge in [0, 0.05) is 53.7 Å². The number of aliphatic carboxylic acids is 1. The van der Waals surface area contributed by atoms with E-state index in [2.05, 4.69) is 5.32 Å². The molecule has 0 unspecified atom stereocenters. The molecule has 478 valence electrons. The first-order chi connectivity index (χ1) is 43.6. The average Bonchev–Trinajstić information content (AvgIpc) is 1.74. The number of aromatic nitrogens is 2. The van der Waals surface area contributed by atoms with Gasteiger partial charge in [0.15, 0.2) is 55.2 Å². The van der Waals surface area contributed by atoms with E-state index in [1.807, 2.05) is 140 Å². The highest BCUT2D eigenvalue weighted by Gasteiger charge is 2.59. The molecule has 9 rings (SSSR count). The van der Waals surface area contributed by atoms with Crippen LogP contribution in [-0.2, 0) is 95.9 Å². The molecule has 26 nitrogen and oxygen atoms in total. The molecule has 26 heteroatoms. The van der Waals surface area contributed by atoms with Crippen molar-refractivity contribution in [3.8, 4) is 11.1 Å². The number of carboxylic acid groups (broad SMARTS) is 1. The third kappa shape index (κ3) is 15.0. The zero-order chi connectivity index (χ0) is 65.1. The largest absolute Gasteiger partial charge is 0.480 e. The van der Waals surface area contributed by atoms with Gasteiger partial charge in [0.1, 0.15) is 43.7 Å². The summed E-state index contributed by atoms with van der Waals surface area (Å²) in [7, 11) is 0. The molecule has 2 fully saturated rings. The summed E-state index contributed by atoms with van der Waals surface area (Å²) in [5.74, 6) is -8.12. The lowest BCUT2D eigenvalue weighted by molar-refractivity contribution is -0.373. The van der Waals surface area contributed by atoms with Crippen molar-refractivity contribution in [3.05, 3.63) is 186 Å². The molecule has 1 aliphatic carbocycles. The highest BCUT2D eigenvalue weighted by atomic mass is 16.8. The van der Waals surface area contributed by atoms with Crippen LogP contribution in [0, 0.1) is 0 Å². The van der Waals surface area contributed by atoms with E-state index in [0.29, 0.717) is 16.7 Å². The second-order valence-electron chi connectivity index (χ2n) is 21.3. The first-order valence-electron chi connectivity index (χ1n) is 28.7. The Balaban J connectivity index is 1.22. The van der Waals surface area contributed by atoms with Gasteiger partial charge in [-0.1, -0.05) is 140 Å². The van der Waals surface area contributed by atoms with Gasteiger partial charge in [-0.25, -0.2) is 19.4 Å². The monoisotopic (exact) mass is 1250 g/mol. The van der Waals surface area contributed by atoms with Crippen molar-refractivity contribution in [1.29, 1.82) is 0 Å². The van der Waals surface area contributed by atoms with Crippen molar-refractivity contribution in [2.75, 3.05) is 19.8 Å². The summed E-state index contributed by atoms with van der Waals surface area (Å²) < 4.78 is 73.1. The number of carbonyl (C=O) groups excluding carboxylic acids is 8. The molecule has 12 atom stereocenters. The number of hydrogen-bond donors (Lipinski definition) is 3. The Morgan fingerprint density at radius 3 is 1.41 bits per heavy atom. The molecule has 1 aromatic heterocycles. The van der Waals surface area contributed by atoms with Crippen LogP contribution in [0.1, 0.15) is 87.1 Å². The number of imidazole rings is 1. The lowest BCUT2D eigenvalue weighted by Gasteiger charge is -2.49. The normalized spacial score (nSPS) is 22.4. The Bertz CT molecular complexity index is 3460. The predicted octanol–water partition coefficient (Wildman–Crippen LogP) is 5.92. The number of nitrogens with two attached hydrogens (primary N) is 1. The second kappa shape index (κ2) is 29.1. The van der Waals surface area contributed by atoms with Crippen LogP contribution >= 0.6 is 0 Å². The molecule has 6 aromatic rings. The van der Waals surface area contributed by atoms with E-state index in [1.165, 1.54) is 12.5 Å². The zero-order valence-corrected chi connectivity index (χ0v) is 50.1. The number of esters is 6. The molecular formula is C65H66N4O22. The summed E-state index contributed by atoms with van der Waals surface area (Å²) in [5.41, 5.74) is 9.66. The third-order valence-electron chi connectivity index (χ3n) is 15.2. The van der Waals surface area contributed by atoms with E-state index in [-0.39, 0.29) is 12.3 Å². The lowest BCUT2D eigenvalue weighted by Crippen LogP contribution is -2.67. The van der Waals surface area contributed by atoms with Crippen molar-refractivity contribution in [2.45, 2.75) is 127 Å². The van der Waals surface area contributed by atoms with Gasteiger partial charge in [0.25, 0.3) is 0 Å². The maximum absolute atomic E-state index is 14.5. The van der Waals surface area contributed by atoms with E-state index >= 15 is 0 Å². The Labute approximate surface area is 521 Å². The van der Waals surface area contributed by atoms with E-state index in [9.17, 15) is 48.3 Å². The van der Waals surface area contributed by atoms with E-state index in [0.717, 1.165) is 63.8 Å². The van der Waals surface area contributed by atoms with Crippen LogP contribution in [0.5, 0.6) is 0 Å². The van der Waals surface area contributed by atoms with Crippen LogP contribution in [-0.4, -0.2) is 156 Å². The van der Waals surface area contributed by atoms with Crippen LogP contribution in [0.15, 0.2) is 152 Å². The lowest BCUT2D eigenvalue weighted by atomic mass is 9.77. The van der Waals surface area contributed by atoms with Gasteiger partial charge in [-0.3, -0.25) is 28.8 Å². The fraction of sp³-hybridized carbons (Fsp3) is 0.354. The molecule has 4 N–H and O–H groups in total. The molecule has 5 aromatic carbocycles. The molecule has 0 saturated carbocycles. The molecule has 0 radical (unpaired) electrons. The number of hydrogen-bond acceptors (Lipinski definition) is 22. The minimum atomic E-state index is -2.24. The molecule has 3 heterocycles. The number of amides is 2. The summed E-state index contributed by atoms with van der Waals surface area (Å²) in [5, 5.41) is 14.0. The zero-order valence-electron chi connectivity index (χ0n) is 50.1. The SMILES string of the molecule is CC(=O)OC[C@@H]1O[C@@H](O[C@@H](c2cn(C(c3ccccc3)(c3ccccc3)c3ccccc3)cn2)[C@H](NC(=O)OCC2c3ccccc3-c3ccccc32)C(=O)O)[C@@H](O[C@H]2O[C@H](COC(C)=O)[C@@H](OC(C)=O)[C@H](OC(N)=O)[C@@H]2OC(C)=O)[C@@H](OC(C)=O)[C@@H]1OC(C)=O. The fourth-order valence-electron chi connectivity index (χ4n) is 11.7. The number of fused-ring (bicyclic) bond motifs is 3. The van der Waals surface area contributed by atoms with E-state index in [4.69, 9.17) is 67.6 Å². The van der Waals surface area contributed by atoms with Gasteiger partial charge in [0.2, 0.25) is 0 Å². The minimum absolute atomic E-state index is 0.226. The standard InChI is InChI=1S/C65H66N4O22/c1-35(70)80-32-50-54(83-37(3)72)56(85-39(5)74)59(90-61-58(86-40(6)75)57(91-63(66)78)55(84-38(4)73)51(87-61)33-81-36(2)71)62(88-50)89-53(52(60(76)77)68-64(79)82-31-48-46-28-18-16-26-44(46)45-27-17-19-29-47(45)48)49-30-69(34-67-49)65(41-20-10-7-11-21-41,42-22-12-8-13-23-42)43-24-14-9-15-25-43/h7-30,34,48,50-59,61-62H,31-33H2,1-6H3,(H2,66,78)(H,68,79)(H,76,77)/t50-,51+,52-,53-,54+,55+,56-,57-,58-,59-,61+,62-/m0/s1. The van der Waals surface area contributed by atoms with Gasteiger partial charge < -0.3 is 77.6 Å². The Morgan fingerprint density at radius 2 is 0.956 bits per heavy atom. The molecule has 2 amide bonds. The van der Waals surface area contributed by atoms with Crippen LogP contribution in [0.4, 0.5) is 9.59 Å². The summed E-state index contributed by atoms with van der Waals surface area (Å²) in [6.07, 6.45) is -21.5. The Kier molecular flexibility index (Phi) is 20.9. The van der Waals surface area contributed by atoms with Crippen molar-refractivity contribution in [1.82, 2.24) is 14.9 Å². The average molecular weight is 1260 g/mol. The third-order valence-corrected chi connectivity index (χ3v) is 15.2. The molecule has 2 saturated heterocycles. The van der Waals surface area contributed by atoms with Gasteiger partial charge in [-0.15, -0.1) is 0 Å². The van der Waals surface area contributed by atoms with Gasteiger partial charge in [-0.2, -0.15) is 0 Å². The number of nitrogens with one attached hydrogen (secondary N) is 1. The number of ether oxygens (including phenoxy) is 12. The first-order valence-corrected chi connectivity index (χ1v) is 28.7. The fourth-order valence-corrected chi connectivity index (χ4v) is 11.7. The maximum Gasteiger partial charge on any atom is 0.407 e. The molecule has 91 heavy (non-hydrogen) atoms. The minimum Gasteiger partial charge on any atom is -0.480 e. The number of rotatable bonds is 23. The Hall–Kier alpha value is -10.0. The quantitative estimate of drug-likeness (QED) is 0.0380. The Morgan fingerprint density at radius 1 is 0.527 bits per heavy atom. The smallest absolute Gasteiger partial charge is 0.407 e. The van der Waals surface area contributed by atoms with Crippen molar-refractivity contribution < 1.29 is 105 Å². The number of alkyl carbamates (subject to hydrolysis) is 1. The van der Waals surface area contributed by atoms with Crippen molar-refractivity contribution in [2.24, 2.45) is 5.73 Å². The summed E-state index contributed by atoms with van der Waals surface area (Å²) in [6.45, 7) is 4.17. The van der Waals surface area contributed by atoms with Crippen molar-refractivity contribution >= 4 is 54.0 Å². The van der Waals surface area contributed by atoms with Crippen molar-refractivity contribution in [3.63, 3.8) is 0 Å². The van der Waals surface area contributed by atoms with Crippen LogP contribution in [0.2, 0.25) is 0 Å². The second-order valence-corrected chi connectivity index (χ2v) is 21.3. The number of carbonyl (C=O) groups is 9. The number of nitrogens with zero attached hydrogens (tertiary/aromatic N) is 2. The van der Waals surface area contributed by atoms with E-state index in [1.54, 1.807) is 4.57 Å². The molecule has 3 aliphatic rings. The molecular weight excluding hydrogens is 1190 g/mol. The van der Waals surface area contributed by atoms with E-state index < -0.39 is 152 Å². The van der Waals surface area contributed by atoms with Crippen LogP contribution < -0.4 is 11.1 Å². The number of primary amides is 1. The number of benzene rings is 5. The highest BCUT2D eigenvalue weighted by molar-refractivity contribution is 5.82. The van der Waals surface area contributed by atoms with Crippen LogP contribution in [0.25, 0.3) is 11.1 Å². The van der Waals surface area contributed by atoms with Gasteiger partial charge in [0.05, 0.1) is 12.0 Å². The summed E-state index contributed by atoms with van der Waals surface area (Å²) in [4.78, 5) is 124. The predicted molar refractivity (Wildman–Crippen MR) is 312 cm³/mol. The van der Waals surface area contributed by atoms with Gasteiger partial charge >= 0.3 is 54.0 Å². The summed E-state index contributed by atoms with van der Waals surface area (Å²) >= 11 is 0. The molecule has 2 aliphatic heterocycles. The summed E-state index contributed by atoms with van der Waals surface area (Å²) in [6, 6.07) is 40.8. The first kappa shape index (κ1) is 65.4. The number of carboxylic acids is 1. The molecule has 0 bridgehead atoms. The maximum atomic E-state index is 14.5.